The molecule has 1 heterocycles. The molecule has 1 aromatic rings. The van der Waals surface area contributed by atoms with Gasteiger partial charge in [0, 0.05) is 6.04 Å². The van der Waals surface area contributed by atoms with E-state index in [0.717, 1.165) is 10.7 Å². The van der Waals surface area contributed by atoms with Crippen LogP contribution in [0.25, 0.3) is 0 Å². The van der Waals surface area contributed by atoms with Crippen LogP contribution in [-0.4, -0.2) is 28.4 Å². The zero-order valence-corrected chi connectivity index (χ0v) is 10.8. The number of aryl methyl sites for hydroxylation is 2. The molecule has 0 spiro atoms. The Hall–Kier alpha value is -1.41. The van der Waals surface area contributed by atoms with Crippen molar-refractivity contribution in [3.05, 3.63) is 15.6 Å². The fraction of sp³-hybridized carbons (Fsp3) is 0.545. The van der Waals surface area contributed by atoms with E-state index >= 15 is 0 Å². The summed E-state index contributed by atoms with van der Waals surface area (Å²) >= 11 is 1.38. The summed E-state index contributed by atoms with van der Waals surface area (Å²) in [6.45, 7) is 7.61. The quantitative estimate of drug-likeness (QED) is 0.757. The second-order valence-electron chi connectivity index (χ2n) is 3.83. The first-order valence-electron chi connectivity index (χ1n) is 5.09. The van der Waals surface area contributed by atoms with E-state index in [0.29, 0.717) is 4.88 Å². The minimum atomic E-state index is -0.0975. The summed E-state index contributed by atoms with van der Waals surface area (Å²) in [6, 6.07) is 2.04. The highest BCUT2D eigenvalue weighted by Crippen LogP contribution is 2.20. The summed E-state index contributed by atoms with van der Waals surface area (Å²) in [6.07, 6.45) is 0. The molecule has 0 fully saturated rings. The van der Waals surface area contributed by atoms with Crippen molar-refractivity contribution in [2.24, 2.45) is 0 Å². The van der Waals surface area contributed by atoms with E-state index in [-0.39, 0.29) is 18.5 Å². The van der Waals surface area contributed by atoms with Gasteiger partial charge < -0.3 is 4.90 Å². The van der Waals surface area contributed by atoms with Gasteiger partial charge in [0.25, 0.3) is 5.91 Å². The van der Waals surface area contributed by atoms with Crippen LogP contribution in [0.2, 0.25) is 0 Å². The van der Waals surface area contributed by atoms with E-state index in [4.69, 9.17) is 5.26 Å². The van der Waals surface area contributed by atoms with Gasteiger partial charge in [0.1, 0.15) is 11.4 Å². The molecule has 0 aromatic carbocycles. The summed E-state index contributed by atoms with van der Waals surface area (Å²) in [5.41, 5.74) is 0.746. The fourth-order valence-electron chi connectivity index (χ4n) is 1.43. The molecule has 4 nitrogen and oxygen atoms in total. The maximum Gasteiger partial charge on any atom is 0.266 e. The molecule has 0 N–H and O–H groups in total. The molecule has 5 heteroatoms. The number of carbonyl (C=O) groups is 1. The SMILES string of the molecule is Cc1nc(C)c(C(=O)N(CC#N)C(C)C)s1. The zero-order valence-electron chi connectivity index (χ0n) is 9.94. The van der Waals surface area contributed by atoms with Gasteiger partial charge in [-0.05, 0) is 27.7 Å². The van der Waals surface area contributed by atoms with Crippen LogP contribution in [0.1, 0.15) is 34.2 Å². The van der Waals surface area contributed by atoms with Crippen LogP contribution in [0.5, 0.6) is 0 Å². The Labute approximate surface area is 99.5 Å². The van der Waals surface area contributed by atoms with E-state index in [1.807, 2.05) is 33.8 Å². The Morgan fingerprint density at radius 1 is 1.56 bits per heavy atom. The molecule has 0 aliphatic rings. The molecule has 0 unspecified atom stereocenters. The van der Waals surface area contributed by atoms with Gasteiger partial charge in [0.15, 0.2) is 0 Å². The van der Waals surface area contributed by atoms with Gasteiger partial charge in [-0.15, -0.1) is 11.3 Å². The van der Waals surface area contributed by atoms with Crippen molar-refractivity contribution in [1.82, 2.24) is 9.88 Å². The average Bonchev–Trinajstić information content (AvgIpc) is 2.53. The van der Waals surface area contributed by atoms with E-state index < -0.39 is 0 Å². The Morgan fingerprint density at radius 2 is 2.19 bits per heavy atom. The number of nitriles is 1. The number of hydrogen-bond acceptors (Lipinski definition) is 4. The highest BCUT2D eigenvalue weighted by molar-refractivity contribution is 7.13. The molecule has 1 aromatic heterocycles. The van der Waals surface area contributed by atoms with Gasteiger partial charge in [-0.25, -0.2) is 4.98 Å². The maximum absolute atomic E-state index is 12.2. The van der Waals surface area contributed by atoms with Crippen LogP contribution in [-0.2, 0) is 0 Å². The molecule has 16 heavy (non-hydrogen) atoms. The molecule has 0 radical (unpaired) electrons. The van der Waals surface area contributed by atoms with Crippen LogP contribution in [0.3, 0.4) is 0 Å². The third kappa shape index (κ3) is 2.58. The van der Waals surface area contributed by atoms with Gasteiger partial charge in [-0.2, -0.15) is 5.26 Å². The van der Waals surface area contributed by atoms with E-state index in [1.165, 1.54) is 11.3 Å². The van der Waals surface area contributed by atoms with Crippen molar-refractivity contribution < 1.29 is 4.79 Å². The summed E-state index contributed by atoms with van der Waals surface area (Å²) in [5, 5.41) is 9.58. The third-order valence-electron chi connectivity index (χ3n) is 2.22. The standard InChI is InChI=1S/C11H15N3OS/c1-7(2)14(6-5-12)11(15)10-8(3)13-9(4)16-10/h7H,6H2,1-4H3. The molecule has 1 rings (SSSR count). The number of carbonyl (C=O) groups excluding carboxylic acids is 1. The highest BCUT2D eigenvalue weighted by Gasteiger charge is 2.22. The summed E-state index contributed by atoms with van der Waals surface area (Å²) in [7, 11) is 0. The highest BCUT2D eigenvalue weighted by atomic mass is 32.1. The Bertz CT molecular complexity index is 431. The van der Waals surface area contributed by atoms with Crippen molar-refractivity contribution in [2.75, 3.05) is 6.54 Å². The van der Waals surface area contributed by atoms with E-state index in [9.17, 15) is 4.79 Å². The molecule has 0 aliphatic carbocycles. The van der Waals surface area contributed by atoms with Crippen LogP contribution in [0.15, 0.2) is 0 Å². The predicted molar refractivity (Wildman–Crippen MR) is 63.4 cm³/mol. The normalized spacial score (nSPS) is 10.2. The summed E-state index contributed by atoms with van der Waals surface area (Å²) in [4.78, 5) is 18.6. The molecular formula is C11H15N3OS. The molecule has 0 saturated heterocycles. The van der Waals surface area contributed by atoms with Crippen LogP contribution in [0.4, 0.5) is 0 Å². The van der Waals surface area contributed by atoms with E-state index in [1.54, 1.807) is 4.90 Å². The molecule has 1 amide bonds. The minimum absolute atomic E-state index is 0.0222. The molecule has 0 bridgehead atoms. The molecular weight excluding hydrogens is 222 g/mol. The summed E-state index contributed by atoms with van der Waals surface area (Å²) < 4.78 is 0. The van der Waals surface area contributed by atoms with Crippen LogP contribution >= 0.6 is 11.3 Å². The largest absolute Gasteiger partial charge is 0.322 e. The Kier molecular flexibility index (Phi) is 4.02. The second-order valence-corrected chi connectivity index (χ2v) is 5.04. The van der Waals surface area contributed by atoms with Gasteiger partial charge in [-0.3, -0.25) is 4.79 Å². The number of thiazole rings is 1. The van der Waals surface area contributed by atoms with E-state index in [2.05, 4.69) is 4.98 Å². The lowest BCUT2D eigenvalue weighted by Gasteiger charge is -2.23. The average molecular weight is 237 g/mol. The van der Waals surface area contributed by atoms with Crippen LogP contribution < -0.4 is 0 Å². The molecule has 0 aliphatic heterocycles. The Morgan fingerprint density at radius 3 is 2.56 bits per heavy atom. The number of aromatic nitrogens is 1. The predicted octanol–water partition coefficient (Wildman–Crippen LogP) is 2.13. The van der Waals surface area contributed by atoms with Crippen LogP contribution in [0, 0.1) is 25.2 Å². The lowest BCUT2D eigenvalue weighted by Crippen LogP contribution is -2.37. The first kappa shape index (κ1) is 12.7. The Balaban J connectivity index is 3.00. The lowest BCUT2D eigenvalue weighted by atomic mass is 10.2. The summed E-state index contributed by atoms with van der Waals surface area (Å²) in [5.74, 6) is -0.0975. The van der Waals surface area contributed by atoms with Crippen molar-refractivity contribution in [3.63, 3.8) is 0 Å². The monoisotopic (exact) mass is 237 g/mol. The smallest absolute Gasteiger partial charge is 0.266 e. The van der Waals surface area contributed by atoms with Gasteiger partial charge in [0.05, 0.1) is 16.8 Å². The van der Waals surface area contributed by atoms with Crippen molar-refractivity contribution in [3.8, 4) is 6.07 Å². The molecule has 0 saturated carbocycles. The first-order chi connectivity index (χ1) is 7.47. The van der Waals surface area contributed by atoms with Gasteiger partial charge in [0.2, 0.25) is 0 Å². The fourth-order valence-corrected chi connectivity index (χ4v) is 2.30. The number of amides is 1. The topological polar surface area (TPSA) is 57.0 Å². The van der Waals surface area contributed by atoms with Crippen molar-refractivity contribution in [2.45, 2.75) is 33.7 Å². The minimum Gasteiger partial charge on any atom is -0.322 e. The van der Waals surface area contributed by atoms with Crippen molar-refractivity contribution in [1.29, 1.82) is 5.26 Å². The second kappa shape index (κ2) is 5.08. The lowest BCUT2D eigenvalue weighted by molar-refractivity contribution is 0.0735. The maximum atomic E-state index is 12.2. The third-order valence-corrected chi connectivity index (χ3v) is 3.28. The van der Waals surface area contributed by atoms with Gasteiger partial charge >= 0.3 is 0 Å². The number of hydrogen-bond donors (Lipinski definition) is 0. The van der Waals surface area contributed by atoms with Gasteiger partial charge in [-0.1, -0.05) is 0 Å². The zero-order chi connectivity index (χ0) is 12.3. The number of rotatable bonds is 3. The molecule has 0 atom stereocenters. The molecule has 86 valence electrons. The number of nitrogens with zero attached hydrogens (tertiary/aromatic N) is 3. The first-order valence-corrected chi connectivity index (χ1v) is 5.91. The van der Waals surface area contributed by atoms with Crippen molar-refractivity contribution >= 4 is 17.2 Å².